The van der Waals surface area contributed by atoms with Gasteiger partial charge >= 0.3 is 17.9 Å². The zero-order valence-corrected chi connectivity index (χ0v) is 18.9. The van der Waals surface area contributed by atoms with Crippen molar-refractivity contribution in [3.05, 3.63) is 77.9 Å². The van der Waals surface area contributed by atoms with E-state index in [0.29, 0.717) is 48.9 Å². The van der Waals surface area contributed by atoms with Crippen LogP contribution in [0.25, 0.3) is 6.08 Å². The van der Waals surface area contributed by atoms with E-state index < -0.39 is 11.9 Å². The van der Waals surface area contributed by atoms with E-state index in [2.05, 4.69) is 6.58 Å². The standard InChI is InChI=1S/C26H28O7/c1-4-30-24(27)16-9-20-7-12-23(13-8-20)33-26(29)21-10-14-22(15-11-21)31-17-5-6-18-32-25(28)19(2)3/h7-16H,2,4-6,17-18H2,1,3H3/b16-9+. The summed E-state index contributed by atoms with van der Waals surface area (Å²) < 4.78 is 20.9. The van der Waals surface area contributed by atoms with Crippen molar-refractivity contribution in [2.45, 2.75) is 26.7 Å². The fourth-order valence-electron chi connectivity index (χ4n) is 2.54. The molecule has 0 unspecified atom stereocenters. The van der Waals surface area contributed by atoms with Crippen LogP contribution in [0.1, 0.15) is 42.6 Å². The Hall–Kier alpha value is -3.87. The number of carbonyl (C=O) groups is 3. The summed E-state index contributed by atoms with van der Waals surface area (Å²) >= 11 is 0. The smallest absolute Gasteiger partial charge is 0.343 e. The van der Waals surface area contributed by atoms with Crippen LogP contribution in [0.15, 0.2) is 66.8 Å². The monoisotopic (exact) mass is 452 g/mol. The predicted octanol–water partition coefficient (Wildman–Crippen LogP) is 4.76. The third kappa shape index (κ3) is 9.43. The number of hydrogen-bond acceptors (Lipinski definition) is 7. The Bertz CT molecular complexity index is 973. The first-order valence-electron chi connectivity index (χ1n) is 10.6. The molecule has 2 aromatic rings. The summed E-state index contributed by atoms with van der Waals surface area (Å²) in [6.45, 7) is 7.98. The molecule has 0 aliphatic heterocycles. The predicted molar refractivity (Wildman–Crippen MR) is 124 cm³/mol. The fourth-order valence-corrected chi connectivity index (χ4v) is 2.54. The SMILES string of the molecule is C=C(C)C(=O)OCCCCOc1ccc(C(=O)Oc2ccc(/C=C/C(=O)OCC)cc2)cc1. The molecule has 0 N–H and O–H groups in total. The fraction of sp³-hybridized carbons (Fsp3) is 0.269. The van der Waals surface area contributed by atoms with E-state index in [1.165, 1.54) is 6.08 Å². The van der Waals surface area contributed by atoms with Gasteiger partial charge in [-0.05, 0) is 74.7 Å². The molecule has 0 saturated carbocycles. The van der Waals surface area contributed by atoms with Gasteiger partial charge in [0.05, 0.1) is 25.4 Å². The summed E-state index contributed by atoms with van der Waals surface area (Å²) in [5, 5.41) is 0. The topological polar surface area (TPSA) is 88.1 Å². The molecule has 7 heteroatoms. The molecule has 0 spiro atoms. The van der Waals surface area contributed by atoms with Crippen LogP contribution in [-0.2, 0) is 19.1 Å². The minimum Gasteiger partial charge on any atom is -0.494 e. The van der Waals surface area contributed by atoms with Crippen LogP contribution < -0.4 is 9.47 Å². The minimum absolute atomic E-state index is 0.319. The summed E-state index contributed by atoms with van der Waals surface area (Å²) in [5.41, 5.74) is 1.55. The average Bonchev–Trinajstić information content (AvgIpc) is 2.81. The second kappa shape index (κ2) is 13.5. The van der Waals surface area contributed by atoms with Crippen LogP contribution in [0.2, 0.25) is 0 Å². The van der Waals surface area contributed by atoms with Crippen molar-refractivity contribution in [2.75, 3.05) is 19.8 Å². The van der Waals surface area contributed by atoms with Gasteiger partial charge in [0, 0.05) is 11.6 Å². The van der Waals surface area contributed by atoms with Crippen molar-refractivity contribution in [3.8, 4) is 11.5 Å². The van der Waals surface area contributed by atoms with Crippen LogP contribution in [0, 0.1) is 0 Å². The van der Waals surface area contributed by atoms with Crippen LogP contribution in [0.4, 0.5) is 0 Å². The molecule has 0 aromatic heterocycles. The second-order valence-electron chi connectivity index (χ2n) is 7.04. The Kier molecular flexibility index (Phi) is 10.4. The Morgan fingerprint density at radius 2 is 1.52 bits per heavy atom. The molecule has 0 fully saturated rings. The van der Waals surface area contributed by atoms with Crippen LogP contribution >= 0.6 is 0 Å². The molecule has 0 aliphatic carbocycles. The number of unbranched alkanes of at least 4 members (excludes halogenated alkanes) is 1. The highest BCUT2D eigenvalue weighted by atomic mass is 16.5. The van der Waals surface area contributed by atoms with Gasteiger partial charge in [-0.1, -0.05) is 18.7 Å². The van der Waals surface area contributed by atoms with Crippen LogP contribution in [0.5, 0.6) is 11.5 Å². The molecule has 2 aromatic carbocycles. The first kappa shape index (κ1) is 25.4. The maximum Gasteiger partial charge on any atom is 0.343 e. The summed E-state index contributed by atoms with van der Waals surface area (Å²) in [7, 11) is 0. The minimum atomic E-state index is -0.490. The molecule has 0 amide bonds. The van der Waals surface area contributed by atoms with E-state index in [1.54, 1.807) is 68.5 Å². The molecular weight excluding hydrogens is 424 g/mol. The molecule has 0 bridgehead atoms. The highest BCUT2D eigenvalue weighted by Crippen LogP contribution is 2.17. The van der Waals surface area contributed by atoms with E-state index in [9.17, 15) is 14.4 Å². The molecule has 174 valence electrons. The lowest BCUT2D eigenvalue weighted by molar-refractivity contribution is -0.139. The van der Waals surface area contributed by atoms with Gasteiger partial charge in [0.25, 0.3) is 0 Å². The quantitative estimate of drug-likeness (QED) is 0.199. The summed E-state index contributed by atoms with van der Waals surface area (Å²) in [6.07, 6.45) is 4.36. The van der Waals surface area contributed by atoms with Gasteiger partial charge in [-0.3, -0.25) is 0 Å². The summed E-state index contributed by atoms with van der Waals surface area (Å²) in [4.78, 5) is 35.0. The number of rotatable bonds is 12. The van der Waals surface area contributed by atoms with Crippen molar-refractivity contribution in [1.29, 1.82) is 0 Å². The Morgan fingerprint density at radius 1 is 0.879 bits per heavy atom. The summed E-state index contributed by atoms with van der Waals surface area (Å²) in [5.74, 6) is -0.274. The number of benzene rings is 2. The Labute approximate surface area is 193 Å². The molecular formula is C26H28O7. The van der Waals surface area contributed by atoms with Crippen LogP contribution in [-0.4, -0.2) is 37.7 Å². The van der Waals surface area contributed by atoms with Gasteiger partial charge in [0.15, 0.2) is 0 Å². The zero-order valence-electron chi connectivity index (χ0n) is 18.9. The number of esters is 3. The van der Waals surface area contributed by atoms with Gasteiger partial charge in [0.2, 0.25) is 0 Å². The normalized spacial score (nSPS) is 10.5. The van der Waals surface area contributed by atoms with E-state index in [-0.39, 0.29) is 5.97 Å². The largest absolute Gasteiger partial charge is 0.494 e. The number of hydrogen-bond donors (Lipinski definition) is 0. The van der Waals surface area contributed by atoms with Gasteiger partial charge < -0.3 is 18.9 Å². The first-order chi connectivity index (χ1) is 15.9. The number of ether oxygens (including phenoxy) is 4. The Balaban J connectivity index is 1.75. The van der Waals surface area contributed by atoms with Gasteiger partial charge in [-0.2, -0.15) is 0 Å². The van der Waals surface area contributed by atoms with Gasteiger partial charge in [-0.25, -0.2) is 14.4 Å². The van der Waals surface area contributed by atoms with Crippen molar-refractivity contribution >= 4 is 24.0 Å². The van der Waals surface area contributed by atoms with Crippen molar-refractivity contribution in [2.24, 2.45) is 0 Å². The van der Waals surface area contributed by atoms with Gasteiger partial charge in [0.1, 0.15) is 11.5 Å². The van der Waals surface area contributed by atoms with Crippen molar-refractivity contribution in [1.82, 2.24) is 0 Å². The van der Waals surface area contributed by atoms with E-state index in [4.69, 9.17) is 18.9 Å². The molecule has 0 radical (unpaired) electrons. The molecule has 0 atom stereocenters. The lowest BCUT2D eigenvalue weighted by atomic mass is 10.2. The third-order valence-corrected chi connectivity index (χ3v) is 4.27. The van der Waals surface area contributed by atoms with Crippen LogP contribution in [0.3, 0.4) is 0 Å². The van der Waals surface area contributed by atoms with Crippen molar-refractivity contribution < 1.29 is 33.3 Å². The molecule has 7 nitrogen and oxygen atoms in total. The Morgan fingerprint density at radius 3 is 2.15 bits per heavy atom. The highest BCUT2D eigenvalue weighted by molar-refractivity contribution is 5.91. The second-order valence-corrected chi connectivity index (χ2v) is 7.04. The molecule has 0 saturated heterocycles. The van der Waals surface area contributed by atoms with Crippen molar-refractivity contribution in [3.63, 3.8) is 0 Å². The average molecular weight is 453 g/mol. The van der Waals surface area contributed by atoms with Gasteiger partial charge in [-0.15, -0.1) is 0 Å². The highest BCUT2D eigenvalue weighted by Gasteiger charge is 2.09. The lowest BCUT2D eigenvalue weighted by Crippen LogP contribution is -2.09. The maximum absolute atomic E-state index is 12.3. The zero-order chi connectivity index (χ0) is 24.1. The third-order valence-electron chi connectivity index (χ3n) is 4.27. The molecule has 0 heterocycles. The number of carbonyl (C=O) groups excluding carboxylic acids is 3. The summed E-state index contributed by atoms with van der Waals surface area (Å²) in [6, 6.07) is 13.4. The van der Waals surface area contributed by atoms with E-state index >= 15 is 0 Å². The maximum atomic E-state index is 12.3. The molecule has 0 aliphatic rings. The van der Waals surface area contributed by atoms with E-state index in [1.807, 2.05) is 0 Å². The first-order valence-corrected chi connectivity index (χ1v) is 10.6. The van der Waals surface area contributed by atoms with E-state index in [0.717, 1.165) is 12.0 Å². The molecule has 33 heavy (non-hydrogen) atoms. The molecule has 2 rings (SSSR count). The lowest BCUT2D eigenvalue weighted by Gasteiger charge is -2.08.